The van der Waals surface area contributed by atoms with Crippen molar-refractivity contribution in [2.45, 2.75) is 18.8 Å². The van der Waals surface area contributed by atoms with E-state index in [0.29, 0.717) is 17.0 Å². The molecule has 0 saturated carbocycles. The molecular formula is C33H24N4O3. The van der Waals surface area contributed by atoms with Crippen LogP contribution in [0.4, 0.5) is 0 Å². The van der Waals surface area contributed by atoms with E-state index >= 15 is 0 Å². The van der Waals surface area contributed by atoms with E-state index in [-0.39, 0.29) is 23.7 Å². The van der Waals surface area contributed by atoms with E-state index in [1.165, 1.54) is 0 Å². The molecule has 7 nitrogen and oxygen atoms in total. The lowest BCUT2D eigenvalue weighted by molar-refractivity contribution is -0.139. The van der Waals surface area contributed by atoms with Crippen molar-refractivity contribution < 1.29 is 14.0 Å². The number of aryl methyl sites for hydroxylation is 1. The topological polar surface area (TPSA) is 80.7 Å². The zero-order chi connectivity index (χ0) is 27.0. The Labute approximate surface area is 230 Å². The second-order valence-electron chi connectivity index (χ2n) is 10.6. The fraction of sp³-hybridized carbons (Fsp3) is 0.152. The molecule has 2 aromatic heterocycles. The third kappa shape index (κ3) is 3.18. The first-order valence-corrected chi connectivity index (χ1v) is 13.4. The molecule has 194 valence electrons. The van der Waals surface area contributed by atoms with Gasteiger partial charge in [-0.05, 0) is 53.4 Å². The number of hydrogen-bond donors (Lipinski definition) is 0. The highest BCUT2D eigenvalue weighted by Crippen LogP contribution is 2.60. The molecule has 0 unspecified atom stereocenters. The van der Waals surface area contributed by atoms with Crippen LogP contribution in [0.3, 0.4) is 0 Å². The van der Waals surface area contributed by atoms with E-state index in [1.54, 1.807) is 10.9 Å². The van der Waals surface area contributed by atoms with Gasteiger partial charge in [0.05, 0.1) is 23.7 Å². The molecule has 3 aliphatic carbocycles. The van der Waals surface area contributed by atoms with Gasteiger partial charge >= 0.3 is 0 Å². The Balaban J connectivity index is 1.20. The number of nitrogens with zero attached hydrogens (tertiary/aromatic N) is 4. The molecule has 0 radical (unpaired) electrons. The summed E-state index contributed by atoms with van der Waals surface area (Å²) < 4.78 is 7.62. The summed E-state index contributed by atoms with van der Waals surface area (Å²) in [7, 11) is 0. The molecule has 2 bridgehead atoms. The molecule has 1 fully saturated rings. The zero-order valence-electron chi connectivity index (χ0n) is 21.6. The highest BCUT2D eigenvalue weighted by Gasteiger charge is 2.61. The van der Waals surface area contributed by atoms with Gasteiger partial charge in [-0.15, -0.1) is 0 Å². The summed E-state index contributed by atoms with van der Waals surface area (Å²) in [5, 5.41) is 10.4. The van der Waals surface area contributed by atoms with Crippen LogP contribution >= 0.6 is 0 Å². The number of hydrazone groups is 1. The number of benzene rings is 3. The Morgan fingerprint density at radius 3 is 1.82 bits per heavy atom. The van der Waals surface area contributed by atoms with Crippen LogP contribution in [0.15, 0.2) is 107 Å². The molecule has 0 N–H and O–H groups in total. The predicted molar refractivity (Wildman–Crippen MR) is 149 cm³/mol. The first-order valence-electron chi connectivity index (χ1n) is 13.4. The molecule has 1 saturated heterocycles. The van der Waals surface area contributed by atoms with Crippen molar-refractivity contribution in [3.05, 3.63) is 131 Å². The van der Waals surface area contributed by atoms with Crippen molar-refractivity contribution in [2.24, 2.45) is 16.9 Å². The predicted octanol–water partition coefficient (Wildman–Crippen LogP) is 5.67. The van der Waals surface area contributed by atoms with E-state index in [9.17, 15) is 9.59 Å². The van der Waals surface area contributed by atoms with E-state index in [4.69, 9.17) is 9.52 Å². The number of amides is 2. The molecular weight excluding hydrogens is 500 g/mol. The van der Waals surface area contributed by atoms with Gasteiger partial charge < -0.3 is 4.42 Å². The number of imide groups is 1. The van der Waals surface area contributed by atoms with Crippen LogP contribution in [0.25, 0.3) is 17.1 Å². The summed E-state index contributed by atoms with van der Waals surface area (Å²) >= 11 is 0. The quantitative estimate of drug-likeness (QED) is 0.224. The standard InChI is InChI=1S/C33H24N4O3/c1-19-15-16-26(40-19)31-20(18-36(35-31)21-9-3-2-4-10-21)17-34-37-32(38)29-27-22-11-5-6-12-23(22)28(30(29)33(37)39)25-14-8-7-13-24(25)27/h2-18,27-30H,1H3/b34-17-/t27?,28?,29-,30-/m0/s1. The minimum atomic E-state index is -0.473. The average Bonchev–Trinajstić information content (AvgIpc) is 3.69. The Morgan fingerprint density at radius 1 is 0.750 bits per heavy atom. The Morgan fingerprint density at radius 2 is 1.30 bits per heavy atom. The third-order valence-corrected chi connectivity index (χ3v) is 8.47. The van der Waals surface area contributed by atoms with E-state index in [1.807, 2.05) is 79.9 Å². The van der Waals surface area contributed by atoms with Gasteiger partial charge in [-0.1, -0.05) is 66.7 Å². The molecule has 5 aromatic rings. The molecule has 7 heteroatoms. The molecule has 9 rings (SSSR count). The van der Waals surface area contributed by atoms with Gasteiger partial charge in [-0.2, -0.15) is 15.2 Å². The number of rotatable bonds is 4. The number of aromatic nitrogens is 2. The summed E-state index contributed by atoms with van der Waals surface area (Å²) in [5.41, 5.74) is 6.65. The van der Waals surface area contributed by atoms with E-state index < -0.39 is 11.8 Å². The van der Waals surface area contributed by atoms with Crippen molar-refractivity contribution in [1.29, 1.82) is 0 Å². The first kappa shape index (κ1) is 22.9. The van der Waals surface area contributed by atoms with Gasteiger partial charge in [-0.25, -0.2) is 4.68 Å². The molecule has 2 atom stereocenters. The molecule has 0 spiro atoms. The van der Waals surface area contributed by atoms with Crippen LogP contribution < -0.4 is 0 Å². The molecule has 4 aliphatic rings. The fourth-order valence-corrected chi connectivity index (χ4v) is 6.84. The summed E-state index contributed by atoms with van der Waals surface area (Å²) in [5.74, 6) is -0.436. The van der Waals surface area contributed by atoms with Crippen LogP contribution in [-0.4, -0.2) is 32.8 Å². The minimum absolute atomic E-state index is 0.165. The monoisotopic (exact) mass is 524 g/mol. The molecule has 3 heterocycles. The maximum absolute atomic E-state index is 13.9. The molecule has 2 amide bonds. The van der Waals surface area contributed by atoms with Gasteiger partial charge in [0.1, 0.15) is 11.5 Å². The SMILES string of the molecule is Cc1ccc(-c2nn(-c3ccccc3)cc2/C=N\N2C(=O)[C@H]3C4c5ccccc5C(c5ccccc54)[C@@H]3C2=O)o1. The normalized spacial score (nSPS) is 22.6. The van der Waals surface area contributed by atoms with Gasteiger partial charge in [-0.3, -0.25) is 9.59 Å². The largest absolute Gasteiger partial charge is 0.460 e. The average molecular weight is 525 g/mol. The van der Waals surface area contributed by atoms with Gasteiger partial charge in [0.25, 0.3) is 11.8 Å². The van der Waals surface area contributed by atoms with E-state index in [0.717, 1.165) is 38.7 Å². The number of carbonyl (C=O) groups is 2. The maximum atomic E-state index is 13.9. The van der Waals surface area contributed by atoms with Crippen LogP contribution in [0.1, 0.15) is 45.4 Å². The van der Waals surface area contributed by atoms with Crippen LogP contribution in [0, 0.1) is 18.8 Å². The smallest absolute Gasteiger partial charge is 0.254 e. The van der Waals surface area contributed by atoms with Gasteiger partial charge in [0.2, 0.25) is 0 Å². The van der Waals surface area contributed by atoms with Crippen LogP contribution in [0.5, 0.6) is 0 Å². The van der Waals surface area contributed by atoms with Crippen molar-refractivity contribution >= 4 is 18.0 Å². The van der Waals surface area contributed by atoms with Gasteiger partial charge in [0, 0.05) is 23.6 Å². The molecule has 40 heavy (non-hydrogen) atoms. The molecule has 1 aliphatic heterocycles. The van der Waals surface area contributed by atoms with Crippen molar-refractivity contribution in [2.75, 3.05) is 0 Å². The van der Waals surface area contributed by atoms with Crippen LogP contribution in [-0.2, 0) is 9.59 Å². The van der Waals surface area contributed by atoms with E-state index in [2.05, 4.69) is 29.4 Å². The van der Waals surface area contributed by atoms with Crippen molar-refractivity contribution in [3.8, 4) is 17.1 Å². The number of para-hydroxylation sites is 1. The number of furan rings is 1. The number of carbonyl (C=O) groups excluding carboxylic acids is 2. The second kappa shape index (κ2) is 8.48. The lowest BCUT2D eigenvalue weighted by Gasteiger charge is -2.45. The van der Waals surface area contributed by atoms with Gasteiger partial charge in [0.15, 0.2) is 5.76 Å². The Hall–Kier alpha value is -5.04. The second-order valence-corrected chi connectivity index (χ2v) is 10.6. The lowest BCUT2D eigenvalue weighted by Crippen LogP contribution is -2.41. The molecule has 3 aromatic carbocycles. The Kier molecular flexibility index (Phi) is 4.85. The lowest BCUT2D eigenvalue weighted by atomic mass is 9.55. The van der Waals surface area contributed by atoms with Crippen LogP contribution in [0.2, 0.25) is 0 Å². The third-order valence-electron chi connectivity index (χ3n) is 8.47. The summed E-state index contributed by atoms with van der Waals surface area (Å²) in [6.07, 6.45) is 3.38. The zero-order valence-corrected chi connectivity index (χ0v) is 21.6. The van der Waals surface area contributed by atoms with Crippen molar-refractivity contribution in [3.63, 3.8) is 0 Å². The highest BCUT2D eigenvalue weighted by atomic mass is 16.3. The summed E-state index contributed by atoms with van der Waals surface area (Å²) in [6.45, 7) is 1.87. The summed E-state index contributed by atoms with van der Waals surface area (Å²) in [4.78, 5) is 27.8. The van der Waals surface area contributed by atoms with Crippen molar-refractivity contribution in [1.82, 2.24) is 14.8 Å². The summed E-state index contributed by atoms with van der Waals surface area (Å²) in [6, 6.07) is 29.9. The fourth-order valence-electron chi connectivity index (χ4n) is 6.84. The maximum Gasteiger partial charge on any atom is 0.254 e. The number of hydrogen-bond acceptors (Lipinski definition) is 5. The first-order chi connectivity index (χ1) is 19.6. The highest BCUT2D eigenvalue weighted by molar-refractivity contribution is 6.08. The Bertz CT molecular complexity index is 1730. The minimum Gasteiger partial charge on any atom is -0.460 e.